The van der Waals surface area contributed by atoms with Gasteiger partial charge in [0, 0.05) is 16.1 Å². The van der Waals surface area contributed by atoms with Crippen LogP contribution in [0.3, 0.4) is 0 Å². The molecular formula is C2H7NO6P2+2. The molecule has 2 unspecified atom stereocenters. The Bertz CT molecular complexity index is 161. The molecule has 0 spiro atoms. The van der Waals surface area contributed by atoms with Crippen molar-refractivity contribution in [2.24, 2.45) is 5.73 Å². The Hall–Kier alpha value is -0.0000000000000000763. The minimum atomic E-state index is -2.96. The fourth-order valence-corrected chi connectivity index (χ4v) is 1.08. The van der Waals surface area contributed by atoms with Gasteiger partial charge >= 0.3 is 22.4 Å². The molecular weight excluding hydrogens is 196 g/mol. The maximum Gasteiger partial charge on any atom is 0.699 e. The van der Waals surface area contributed by atoms with Crippen molar-refractivity contribution in [3.05, 3.63) is 0 Å². The first-order valence-electron chi connectivity index (χ1n) is 2.33. The molecule has 0 saturated heterocycles. The normalized spacial score (nSPS) is 18.9. The molecule has 0 aliphatic heterocycles. The van der Waals surface area contributed by atoms with Gasteiger partial charge < -0.3 is 0 Å². The molecule has 0 radical (unpaired) electrons. The van der Waals surface area contributed by atoms with Gasteiger partial charge in [-0.1, -0.05) is 9.05 Å². The Balaban J connectivity index is 3.99. The van der Waals surface area contributed by atoms with E-state index in [0.717, 1.165) is 6.92 Å². The molecule has 7 nitrogen and oxygen atoms in total. The zero-order valence-electron chi connectivity index (χ0n) is 5.50. The lowest BCUT2D eigenvalue weighted by atomic mass is 10.6. The smallest absolute Gasteiger partial charge is 0.273 e. The summed E-state index contributed by atoms with van der Waals surface area (Å²) in [4.78, 5) is 16.3. The molecule has 0 rings (SSSR count). The fraction of sp³-hybridized carbons (Fsp3) is 1.00. The standard InChI is InChI=1S/C2H5NO6P2/c1-2(3,8-10(4)5)9-11(6)7/h3H2,1H3/p+2. The predicted molar refractivity (Wildman–Crippen MR) is 34.4 cm³/mol. The summed E-state index contributed by atoms with van der Waals surface area (Å²) < 4.78 is 28.0. The van der Waals surface area contributed by atoms with Crippen LogP contribution in [0.15, 0.2) is 0 Å². The van der Waals surface area contributed by atoms with E-state index in [2.05, 4.69) is 9.05 Å². The lowest BCUT2D eigenvalue weighted by Gasteiger charge is -2.05. The Morgan fingerprint density at radius 3 is 1.73 bits per heavy atom. The van der Waals surface area contributed by atoms with Gasteiger partial charge in [-0.2, -0.15) is 0 Å². The molecule has 0 fully saturated rings. The van der Waals surface area contributed by atoms with Crippen LogP contribution in [0, 0.1) is 0 Å². The molecule has 0 aromatic rings. The molecule has 2 atom stereocenters. The Labute approximate surface area is 64.0 Å². The lowest BCUT2D eigenvalue weighted by molar-refractivity contribution is -0.0932. The first-order valence-corrected chi connectivity index (χ1v) is 4.59. The van der Waals surface area contributed by atoms with Crippen LogP contribution >= 0.6 is 16.5 Å². The third-order valence-electron chi connectivity index (χ3n) is 0.519. The van der Waals surface area contributed by atoms with Gasteiger partial charge in [-0.3, -0.25) is 5.73 Å². The van der Waals surface area contributed by atoms with E-state index in [1.165, 1.54) is 0 Å². The van der Waals surface area contributed by atoms with E-state index < -0.39 is 22.4 Å². The highest BCUT2D eigenvalue weighted by Crippen LogP contribution is 2.30. The number of nitrogens with two attached hydrogens (primary N) is 1. The van der Waals surface area contributed by atoms with Crippen molar-refractivity contribution in [2.45, 2.75) is 12.8 Å². The Morgan fingerprint density at radius 2 is 1.55 bits per heavy atom. The summed E-state index contributed by atoms with van der Waals surface area (Å²) in [5.74, 6) is -2.02. The maximum atomic E-state index is 9.99. The molecule has 0 amide bonds. The highest BCUT2D eigenvalue weighted by atomic mass is 31.1. The van der Waals surface area contributed by atoms with Gasteiger partial charge in [-0.15, -0.1) is 9.79 Å². The van der Waals surface area contributed by atoms with Crippen LogP contribution in [0.4, 0.5) is 0 Å². The second-order valence-electron chi connectivity index (χ2n) is 1.67. The second kappa shape index (κ2) is 4.13. The van der Waals surface area contributed by atoms with Gasteiger partial charge in [0.05, 0.1) is 0 Å². The van der Waals surface area contributed by atoms with Crippen LogP contribution in [0.1, 0.15) is 6.92 Å². The van der Waals surface area contributed by atoms with E-state index in [9.17, 15) is 9.13 Å². The van der Waals surface area contributed by atoms with Crippen molar-refractivity contribution in [1.29, 1.82) is 0 Å². The SMILES string of the molecule is CC(N)(O[P+](=O)O)O[P+](=O)O. The van der Waals surface area contributed by atoms with E-state index in [-0.39, 0.29) is 0 Å². The van der Waals surface area contributed by atoms with Gasteiger partial charge in [0.15, 0.2) is 0 Å². The molecule has 11 heavy (non-hydrogen) atoms. The van der Waals surface area contributed by atoms with Gasteiger partial charge in [0.25, 0.3) is 0 Å². The summed E-state index contributed by atoms with van der Waals surface area (Å²) in [6.07, 6.45) is 0. The molecule has 0 bridgehead atoms. The first-order chi connectivity index (χ1) is 4.83. The first kappa shape index (κ1) is 11.0. The highest BCUT2D eigenvalue weighted by molar-refractivity contribution is 7.33. The topological polar surface area (TPSA) is 119 Å². The summed E-state index contributed by atoms with van der Waals surface area (Å²) in [5.41, 5.74) is 4.99. The predicted octanol–water partition coefficient (Wildman–Crippen LogP) is -0.0486. The van der Waals surface area contributed by atoms with Crippen LogP contribution in [0.25, 0.3) is 0 Å². The van der Waals surface area contributed by atoms with Crippen molar-refractivity contribution in [3.8, 4) is 0 Å². The Kier molecular flexibility index (Phi) is 4.13. The Morgan fingerprint density at radius 1 is 1.27 bits per heavy atom. The second-order valence-corrected chi connectivity index (χ2v) is 2.99. The minimum absolute atomic E-state index is 1.03. The third kappa shape index (κ3) is 6.40. The van der Waals surface area contributed by atoms with Crippen LogP contribution in [0.5, 0.6) is 0 Å². The van der Waals surface area contributed by atoms with E-state index in [4.69, 9.17) is 15.5 Å². The van der Waals surface area contributed by atoms with Crippen LogP contribution < -0.4 is 5.73 Å². The number of rotatable bonds is 4. The number of hydrogen-bond donors (Lipinski definition) is 3. The van der Waals surface area contributed by atoms with Gasteiger partial charge in [-0.25, -0.2) is 0 Å². The summed E-state index contributed by atoms with van der Waals surface area (Å²) in [6.45, 7) is 1.03. The zero-order chi connectivity index (χ0) is 9.07. The largest absolute Gasteiger partial charge is 0.699 e. The average Bonchev–Trinajstić information content (AvgIpc) is 1.53. The molecule has 64 valence electrons. The van der Waals surface area contributed by atoms with Gasteiger partial charge in [0.1, 0.15) is 0 Å². The molecule has 0 aromatic carbocycles. The van der Waals surface area contributed by atoms with Crippen molar-refractivity contribution >= 4 is 16.5 Å². The van der Waals surface area contributed by atoms with Gasteiger partial charge in [0.2, 0.25) is 0 Å². The molecule has 0 saturated carbocycles. The van der Waals surface area contributed by atoms with Crippen LogP contribution in [0.2, 0.25) is 0 Å². The summed E-state index contributed by atoms with van der Waals surface area (Å²) >= 11 is 0. The third-order valence-corrected chi connectivity index (χ3v) is 1.56. The molecule has 0 heterocycles. The zero-order valence-corrected chi connectivity index (χ0v) is 7.29. The molecule has 0 aromatic heterocycles. The minimum Gasteiger partial charge on any atom is -0.273 e. The molecule has 4 N–H and O–H groups in total. The number of hydrogen-bond acceptors (Lipinski definition) is 5. The van der Waals surface area contributed by atoms with Crippen molar-refractivity contribution in [1.82, 2.24) is 0 Å². The average molecular weight is 203 g/mol. The molecule has 0 aliphatic rings. The lowest BCUT2D eigenvalue weighted by Crippen LogP contribution is -2.38. The van der Waals surface area contributed by atoms with E-state index >= 15 is 0 Å². The van der Waals surface area contributed by atoms with E-state index in [1.807, 2.05) is 0 Å². The fourth-order valence-electron chi connectivity index (χ4n) is 0.327. The van der Waals surface area contributed by atoms with Crippen molar-refractivity contribution < 1.29 is 28.0 Å². The highest BCUT2D eigenvalue weighted by Gasteiger charge is 2.41. The van der Waals surface area contributed by atoms with E-state index in [1.54, 1.807) is 0 Å². The molecule has 9 heteroatoms. The van der Waals surface area contributed by atoms with E-state index in [0.29, 0.717) is 0 Å². The quantitative estimate of drug-likeness (QED) is 0.432. The summed E-state index contributed by atoms with van der Waals surface area (Å²) in [7, 11) is -5.92. The summed E-state index contributed by atoms with van der Waals surface area (Å²) in [6, 6.07) is 0. The monoisotopic (exact) mass is 203 g/mol. The van der Waals surface area contributed by atoms with Gasteiger partial charge in [-0.05, 0) is 0 Å². The maximum absolute atomic E-state index is 9.99. The summed E-state index contributed by atoms with van der Waals surface area (Å²) in [5, 5.41) is 0. The van der Waals surface area contributed by atoms with Crippen molar-refractivity contribution in [2.75, 3.05) is 0 Å². The van der Waals surface area contributed by atoms with Crippen LogP contribution in [-0.2, 0) is 18.2 Å². The molecule has 0 aliphatic carbocycles. The van der Waals surface area contributed by atoms with Crippen LogP contribution in [-0.4, -0.2) is 15.7 Å². The van der Waals surface area contributed by atoms with Crippen molar-refractivity contribution in [3.63, 3.8) is 0 Å².